The van der Waals surface area contributed by atoms with Crippen molar-refractivity contribution in [1.82, 2.24) is 29.6 Å². The van der Waals surface area contributed by atoms with E-state index in [1.54, 1.807) is 41.0 Å². The van der Waals surface area contributed by atoms with Crippen molar-refractivity contribution in [2.45, 2.75) is 19.3 Å². The molecule has 1 aromatic carbocycles. The Balaban J connectivity index is 1.39. The number of hydrogen-bond acceptors (Lipinski definition) is 6. The first-order valence-corrected chi connectivity index (χ1v) is 9.78. The lowest BCUT2D eigenvalue weighted by molar-refractivity contribution is -0.139. The number of carbonyl (C=O) groups excluding carboxylic acids is 1. The second kappa shape index (κ2) is 7.65. The minimum Gasteiger partial charge on any atom is -0.398 e. The molecule has 33 heavy (non-hydrogen) atoms. The van der Waals surface area contributed by atoms with Crippen LogP contribution in [0.5, 0.6) is 0 Å². The van der Waals surface area contributed by atoms with Crippen LogP contribution >= 0.6 is 0 Å². The van der Waals surface area contributed by atoms with Gasteiger partial charge in [-0.15, -0.1) is 0 Å². The second-order valence-corrected chi connectivity index (χ2v) is 7.30. The topological polar surface area (TPSA) is 116 Å². The van der Waals surface area contributed by atoms with Gasteiger partial charge >= 0.3 is 6.18 Å². The molecule has 0 fully saturated rings. The van der Waals surface area contributed by atoms with E-state index in [1.165, 1.54) is 12.1 Å². The third kappa shape index (κ3) is 3.97. The maximum Gasteiger partial charge on any atom is 0.406 e. The van der Waals surface area contributed by atoms with Gasteiger partial charge in [-0.25, -0.2) is 4.52 Å². The fraction of sp³-hybridized carbons (Fsp3) is 0.143. The lowest BCUT2D eigenvalue weighted by atomic mass is 10.2. The fourth-order valence-electron chi connectivity index (χ4n) is 3.57. The average molecular weight is 455 g/mol. The van der Waals surface area contributed by atoms with Crippen molar-refractivity contribution in [3.63, 3.8) is 0 Å². The first-order valence-electron chi connectivity index (χ1n) is 9.78. The highest BCUT2D eigenvalue weighted by atomic mass is 19.4. The second-order valence-electron chi connectivity index (χ2n) is 7.30. The summed E-state index contributed by atoms with van der Waals surface area (Å²) in [6.07, 6.45) is -2.76. The molecule has 0 aliphatic carbocycles. The molecular weight excluding hydrogens is 439 g/mol. The summed E-state index contributed by atoms with van der Waals surface area (Å²) in [6.45, 7) is -1.37. The molecule has 0 bridgehead atoms. The van der Waals surface area contributed by atoms with Gasteiger partial charge in [0.2, 0.25) is 11.7 Å². The zero-order chi connectivity index (χ0) is 23.2. The molecule has 5 rings (SSSR count). The van der Waals surface area contributed by atoms with Crippen LogP contribution < -0.4 is 11.1 Å². The normalized spacial score (nSPS) is 12.0. The number of amides is 1. The van der Waals surface area contributed by atoms with Crippen LogP contribution in [0, 0.1) is 0 Å². The SMILES string of the molecule is Nc1cccc2c1cc(-c1noc(CNC(=O)c3cc4ccccn4n3)n1)n2CC(F)(F)F. The van der Waals surface area contributed by atoms with Gasteiger partial charge in [-0.1, -0.05) is 17.3 Å². The predicted molar refractivity (Wildman–Crippen MR) is 112 cm³/mol. The van der Waals surface area contributed by atoms with E-state index in [0.717, 1.165) is 10.1 Å². The van der Waals surface area contributed by atoms with Crippen LogP contribution in [0.25, 0.3) is 27.9 Å². The standard InChI is InChI=1S/C21H16F3N7O2/c22-21(23,24)11-30-16-6-3-5-14(25)13(16)9-17(30)19-27-18(33-29-19)10-26-20(32)15-8-12-4-1-2-7-31(12)28-15/h1-9H,10-11,25H2,(H,26,32). The van der Waals surface area contributed by atoms with Gasteiger partial charge in [0.1, 0.15) is 6.54 Å². The summed E-state index contributed by atoms with van der Waals surface area (Å²) in [5.74, 6) is -0.483. The van der Waals surface area contributed by atoms with Gasteiger partial charge in [-0.05, 0) is 36.4 Å². The summed E-state index contributed by atoms with van der Waals surface area (Å²) in [4.78, 5) is 16.6. The number of pyridine rings is 1. The predicted octanol–water partition coefficient (Wildman–Crippen LogP) is 3.41. The Morgan fingerprint density at radius 3 is 2.79 bits per heavy atom. The molecule has 168 valence electrons. The summed E-state index contributed by atoms with van der Waals surface area (Å²) in [5.41, 5.74) is 7.61. The highest BCUT2D eigenvalue weighted by Crippen LogP contribution is 2.32. The van der Waals surface area contributed by atoms with Crippen molar-refractivity contribution in [1.29, 1.82) is 0 Å². The number of nitrogens with one attached hydrogen (secondary N) is 1. The molecule has 9 nitrogen and oxygen atoms in total. The molecule has 3 N–H and O–H groups in total. The number of aromatic nitrogens is 5. The Bertz CT molecular complexity index is 1450. The number of nitrogens with two attached hydrogens (primary N) is 1. The van der Waals surface area contributed by atoms with Crippen LogP contribution in [0.4, 0.5) is 18.9 Å². The maximum absolute atomic E-state index is 13.2. The molecule has 4 heterocycles. The summed E-state index contributed by atoms with van der Waals surface area (Å²) < 4.78 is 47.4. The Morgan fingerprint density at radius 1 is 1.15 bits per heavy atom. The van der Waals surface area contributed by atoms with Crippen LogP contribution in [0.1, 0.15) is 16.4 Å². The van der Waals surface area contributed by atoms with Crippen molar-refractivity contribution in [2.24, 2.45) is 0 Å². The van der Waals surface area contributed by atoms with E-state index < -0.39 is 18.6 Å². The number of hydrogen-bond donors (Lipinski definition) is 2. The monoisotopic (exact) mass is 455 g/mol. The molecule has 4 aromatic heterocycles. The minimum atomic E-state index is -4.47. The summed E-state index contributed by atoms with van der Waals surface area (Å²) >= 11 is 0. The smallest absolute Gasteiger partial charge is 0.398 e. The van der Waals surface area contributed by atoms with Gasteiger partial charge < -0.3 is 20.1 Å². The molecule has 0 spiro atoms. The van der Waals surface area contributed by atoms with E-state index in [2.05, 4.69) is 20.6 Å². The van der Waals surface area contributed by atoms with Crippen LogP contribution in [0.2, 0.25) is 0 Å². The minimum absolute atomic E-state index is 0.0268. The summed E-state index contributed by atoms with van der Waals surface area (Å²) in [5, 5.41) is 11.0. The molecule has 5 aromatic rings. The first-order chi connectivity index (χ1) is 15.8. The quantitative estimate of drug-likeness (QED) is 0.393. The van der Waals surface area contributed by atoms with Crippen molar-refractivity contribution in [3.8, 4) is 11.5 Å². The zero-order valence-electron chi connectivity index (χ0n) is 16.9. The van der Waals surface area contributed by atoms with Gasteiger partial charge in [0.05, 0.1) is 23.3 Å². The Labute approximate surface area is 183 Å². The van der Waals surface area contributed by atoms with E-state index in [0.29, 0.717) is 16.6 Å². The molecule has 0 atom stereocenters. The van der Waals surface area contributed by atoms with E-state index in [-0.39, 0.29) is 29.6 Å². The van der Waals surface area contributed by atoms with Gasteiger partial charge in [-0.3, -0.25) is 4.79 Å². The van der Waals surface area contributed by atoms with Crippen molar-refractivity contribution in [3.05, 3.63) is 66.3 Å². The van der Waals surface area contributed by atoms with Gasteiger partial charge in [0, 0.05) is 17.3 Å². The average Bonchev–Trinajstić information content (AvgIpc) is 3.48. The largest absolute Gasteiger partial charge is 0.406 e. The van der Waals surface area contributed by atoms with Crippen molar-refractivity contribution >= 4 is 28.0 Å². The van der Waals surface area contributed by atoms with Gasteiger partial charge in [0.25, 0.3) is 5.91 Å². The van der Waals surface area contributed by atoms with Crippen LogP contribution in [0.15, 0.2) is 59.3 Å². The number of rotatable bonds is 5. The van der Waals surface area contributed by atoms with Gasteiger partial charge in [-0.2, -0.15) is 23.3 Å². The van der Waals surface area contributed by atoms with E-state index in [4.69, 9.17) is 10.3 Å². The summed E-state index contributed by atoms with van der Waals surface area (Å²) in [7, 11) is 0. The van der Waals surface area contributed by atoms with Crippen molar-refractivity contribution in [2.75, 3.05) is 5.73 Å². The Hall–Kier alpha value is -4.35. The molecule has 12 heteroatoms. The van der Waals surface area contributed by atoms with E-state index in [9.17, 15) is 18.0 Å². The lowest BCUT2D eigenvalue weighted by Crippen LogP contribution is -2.23. The molecule has 0 unspecified atom stereocenters. The number of benzene rings is 1. The lowest BCUT2D eigenvalue weighted by Gasteiger charge is -2.11. The number of halogens is 3. The number of nitrogen functional groups attached to an aromatic ring is 1. The number of anilines is 1. The highest BCUT2D eigenvalue weighted by molar-refractivity contribution is 5.95. The summed E-state index contributed by atoms with van der Waals surface area (Å²) in [6, 6.07) is 13.2. The third-order valence-electron chi connectivity index (χ3n) is 5.02. The molecule has 1 amide bonds. The highest BCUT2D eigenvalue weighted by Gasteiger charge is 2.31. The first kappa shape index (κ1) is 20.5. The van der Waals surface area contributed by atoms with E-state index >= 15 is 0 Å². The van der Waals surface area contributed by atoms with Crippen molar-refractivity contribution < 1.29 is 22.5 Å². The number of nitrogens with zero attached hydrogens (tertiary/aromatic N) is 5. The zero-order valence-corrected chi connectivity index (χ0v) is 16.9. The molecule has 0 radical (unpaired) electrons. The number of alkyl halides is 3. The maximum atomic E-state index is 13.2. The van der Waals surface area contributed by atoms with Gasteiger partial charge in [0.15, 0.2) is 5.69 Å². The Morgan fingerprint density at radius 2 is 2.00 bits per heavy atom. The Kier molecular flexibility index (Phi) is 4.77. The van der Waals surface area contributed by atoms with Crippen LogP contribution in [-0.4, -0.2) is 36.4 Å². The number of carbonyl (C=O) groups is 1. The fourth-order valence-corrected chi connectivity index (χ4v) is 3.57. The molecule has 0 saturated carbocycles. The van der Waals surface area contributed by atoms with Crippen LogP contribution in [-0.2, 0) is 13.1 Å². The number of fused-ring (bicyclic) bond motifs is 2. The van der Waals surface area contributed by atoms with Crippen LogP contribution in [0.3, 0.4) is 0 Å². The molecule has 0 saturated heterocycles. The third-order valence-corrected chi connectivity index (χ3v) is 5.02. The molecular formula is C21H16F3N7O2. The van der Waals surface area contributed by atoms with E-state index in [1.807, 2.05) is 6.07 Å². The molecule has 0 aliphatic heterocycles. The molecule has 0 aliphatic rings.